The Labute approximate surface area is 198 Å². The highest BCUT2D eigenvalue weighted by molar-refractivity contribution is 7.92. The van der Waals surface area contributed by atoms with Crippen molar-refractivity contribution >= 4 is 40.7 Å². The Hall–Kier alpha value is -2.38. The number of sulfone groups is 1. The Morgan fingerprint density at radius 1 is 1.12 bits per heavy atom. The van der Waals surface area contributed by atoms with Crippen molar-refractivity contribution < 1.29 is 23.1 Å². The molecule has 3 rings (SSSR count). The molecule has 2 aromatic rings. The van der Waals surface area contributed by atoms with Gasteiger partial charge >= 0.3 is 5.97 Å². The summed E-state index contributed by atoms with van der Waals surface area (Å²) in [7, 11) is -5.20. The smallest absolute Gasteiger partial charge is 0.335 e. The van der Waals surface area contributed by atoms with Crippen molar-refractivity contribution in [2.45, 2.75) is 63.6 Å². The molecule has 33 heavy (non-hydrogen) atoms. The van der Waals surface area contributed by atoms with E-state index in [0.717, 1.165) is 53.6 Å². The lowest BCUT2D eigenvalue weighted by atomic mass is 10.0. The molecule has 1 N–H and O–H groups in total. The maximum Gasteiger partial charge on any atom is 0.335 e. The van der Waals surface area contributed by atoms with Gasteiger partial charge in [0, 0.05) is 5.56 Å². The second-order valence-electron chi connectivity index (χ2n) is 9.46. The van der Waals surface area contributed by atoms with Crippen molar-refractivity contribution in [3.8, 4) is 5.75 Å². The number of fused-ring (bicyclic) bond motifs is 1. The van der Waals surface area contributed by atoms with Crippen molar-refractivity contribution in [3.05, 3.63) is 53.1 Å². The predicted molar refractivity (Wildman–Crippen MR) is 137 cm³/mol. The fraction of sp³-hybridized carbons (Fsp3) is 0.423. The van der Waals surface area contributed by atoms with Gasteiger partial charge in [0.25, 0.3) is 0 Å². The minimum atomic E-state index is -3.31. The summed E-state index contributed by atoms with van der Waals surface area (Å²) in [4.78, 5) is 11.6. The van der Waals surface area contributed by atoms with E-state index < -0.39 is 23.9 Å². The van der Waals surface area contributed by atoms with Crippen molar-refractivity contribution in [2.24, 2.45) is 0 Å². The van der Waals surface area contributed by atoms with Crippen molar-refractivity contribution in [1.29, 1.82) is 0 Å². The molecular weight excluding hydrogens is 452 g/mol. The van der Waals surface area contributed by atoms with Crippen LogP contribution in [0.15, 0.2) is 41.3 Å². The third-order valence-electron chi connectivity index (χ3n) is 6.36. The molecule has 1 heterocycles. The van der Waals surface area contributed by atoms with Gasteiger partial charge in [0.1, 0.15) is 5.75 Å². The zero-order valence-electron chi connectivity index (χ0n) is 20.0. The molecule has 0 aromatic heterocycles. The summed E-state index contributed by atoms with van der Waals surface area (Å²) in [5.74, 6) is -0.139. The molecule has 178 valence electrons. The van der Waals surface area contributed by atoms with Gasteiger partial charge in [0.05, 0.1) is 30.9 Å². The summed E-state index contributed by atoms with van der Waals surface area (Å²) in [6.45, 7) is 9.14. The Morgan fingerprint density at radius 2 is 1.82 bits per heavy atom. The first-order valence-corrected chi connectivity index (χ1v) is 16.5. The number of benzene rings is 2. The predicted octanol–water partition coefficient (Wildman–Crippen LogP) is 5.61. The molecule has 0 spiro atoms. The van der Waals surface area contributed by atoms with E-state index in [1.807, 2.05) is 19.1 Å². The summed E-state index contributed by atoms with van der Waals surface area (Å²) in [5.41, 5.74) is 2.99. The number of carboxylic acids is 1. The molecule has 0 aliphatic carbocycles. The second-order valence-corrected chi connectivity index (χ2v) is 16.3. The van der Waals surface area contributed by atoms with E-state index >= 15 is 0 Å². The van der Waals surface area contributed by atoms with E-state index in [0.29, 0.717) is 17.3 Å². The van der Waals surface area contributed by atoms with E-state index in [1.54, 1.807) is 30.3 Å². The van der Waals surface area contributed by atoms with E-state index in [1.165, 1.54) is 0 Å². The van der Waals surface area contributed by atoms with E-state index in [4.69, 9.17) is 9.84 Å². The van der Waals surface area contributed by atoms with Crippen molar-refractivity contribution in [2.75, 3.05) is 12.4 Å². The summed E-state index contributed by atoms with van der Waals surface area (Å²) >= 11 is 0. The first-order chi connectivity index (χ1) is 15.5. The molecule has 7 heteroatoms. The third kappa shape index (κ3) is 5.95. The fourth-order valence-corrected chi connectivity index (χ4v) is 11.0. The van der Waals surface area contributed by atoms with Crippen LogP contribution in [0.1, 0.15) is 61.0 Å². The molecule has 1 aliphatic heterocycles. The van der Waals surface area contributed by atoms with Gasteiger partial charge in [-0.15, -0.1) is 0 Å². The fourth-order valence-electron chi connectivity index (χ4n) is 4.17. The summed E-state index contributed by atoms with van der Waals surface area (Å²) in [6, 6.07) is 11.2. The Balaban J connectivity index is 2.04. The minimum absolute atomic E-state index is 0.208. The van der Waals surface area contributed by atoms with Gasteiger partial charge < -0.3 is 9.84 Å². The van der Waals surface area contributed by atoms with Gasteiger partial charge in [0.15, 0.2) is 9.84 Å². The minimum Gasteiger partial charge on any atom is -0.493 e. The van der Waals surface area contributed by atoms with E-state index in [2.05, 4.69) is 20.0 Å². The van der Waals surface area contributed by atoms with Gasteiger partial charge in [-0.25, -0.2) is 13.2 Å². The highest BCUT2D eigenvalue weighted by Gasteiger charge is 2.38. The third-order valence-corrected chi connectivity index (χ3v) is 12.0. The lowest BCUT2D eigenvalue weighted by Gasteiger charge is -2.31. The van der Waals surface area contributed by atoms with Crippen LogP contribution in [0.3, 0.4) is 0 Å². The molecule has 0 amide bonds. The van der Waals surface area contributed by atoms with E-state index in [9.17, 15) is 13.2 Å². The average Bonchev–Trinajstić information content (AvgIpc) is 2.77. The maximum atomic E-state index is 12.9. The van der Waals surface area contributed by atoms with Crippen LogP contribution in [-0.2, 0) is 9.84 Å². The monoisotopic (exact) mass is 486 g/mol. The Bertz CT molecular complexity index is 1150. The number of aromatic carboxylic acids is 1. The number of ether oxygens (including phenoxy) is 1. The van der Waals surface area contributed by atoms with Crippen LogP contribution in [0.2, 0.25) is 19.1 Å². The van der Waals surface area contributed by atoms with Gasteiger partial charge in [-0.3, -0.25) is 0 Å². The van der Waals surface area contributed by atoms with Crippen LogP contribution in [0, 0.1) is 0 Å². The van der Waals surface area contributed by atoms with Crippen LogP contribution in [0.5, 0.6) is 5.75 Å². The standard InChI is InChI=1S/C26H34O5SSi/c1-5-6-7-8-13-31-23-18-24-25(33(3,4)15-14-32(24,29)30)17-22(23)19(2)16-20-9-11-21(12-10-20)26(27)28/h9-12,16-18H,5-8,13-15H2,1-4H3,(H,27,28). The molecule has 0 bridgehead atoms. The molecule has 0 radical (unpaired) electrons. The largest absolute Gasteiger partial charge is 0.493 e. The summed E-state index contributed by atoms with van der Waals surface area (Å²) in [6.07, 6.45) is 6.30. The highest BCUT2D eigenvalue weighted by atomic mass is 32.2. The molecule has 0 saturated carbocycles. The Kier molecular flexibility index (Phi) is 7.85. The first kappa shape index (κ1) is 25.2. The lowest BCUT2D eigenvalue weighted by Crippen LogP contribution is -2.49. The number of hydrogen-bond donors (Lipinski definition) is 1. The SMILES string of the molecule is CCCCCCOc1cc2c(cc1C(C)=Cc1ccc(C(=O)O)cc1)[Si](C)(C)CCS2(=O)=O. The zero-order chi connectivity index (χ0) is 24.2. The number of hydrogen-bond acceptors (Lipinski definition) is 4. The molecule has 0 saturated heterocycles. The van der Waals surface area contributed by atoms with Gasteiger partial charge in [-0.1, -0.05) is 63.6 Å². The number of carbonyl (C=O) groups is 1. The normalized spacial score (nSPS) is 16.8. The van der Waals surface area contributed by atoms with Gasteiger partial charge in [0.2, 0.25) is 0 Å². The second kappa shape index (κ2) is 10.3. The van der Waals surface area contributed by atoms with Gasteiger partial charge in [-0.05, 0) is 53.9 Å². The van der Waals surface area contributed by atoms with E-state index in [-0.39, 0.29) is 11.3 Å². The molecular formula is C26H34O5SSi. The first-order valence-electron chi connectivity index (χ1n) is 11.6. The maximum absolute atomic E-state index is 12.9. The number of allylic oxidation sites excluding steroid dienone is 1. The highest BCUT2D eigenvalue weighted by Crippen LogP contribution is 2.34. The van der Waals surface area contributed by atoms with Crippen molar-refractivity contribution in [1.82, 2.24) is 0 Å². The molecule has 0 fully saturated rings. The number of rotatable bonds is 9. The Morgan fingerprint density at radius 3 is 2.45 bits per heavy atom. The molecule has 0 atom stereocenters. The van der Waals surface area contributed by atoms with Gasteiger partial charge in [-0.2, -0.15) is 0 Å². The number of unbranched alkanes of at least 4 members (excludes halogenated alkanes) is 3. The molecule has 2 aromatic carbocycles. The molecule has 0 unspecified atom stereocenters. The van der Waals surface area contributed by atoms with Crippen LogP contribution in [-0.4, -0.2) is 39.9 Å². The van der Waals surface area contributed by atoms with Crippen LogP contribution in [0.25, 0.3) is 11.6 Å². The quantitative estimate of drug-likeness (QED) is 0.283. The molecule has 5 nitrogen and oxygen atoms in total. The zero-order valence-corrected chi connectivity index (χ0v) is 21.8. The average molecular weight is 487 g/mol. The van der Waals surface area contributed by atoms with Crippen LogP contribution >= 0.6 is 0 Å². The lowest BCUT2D eigenvalue weighted by molar-refractivity contribution is 0.0697. The topological polar surface area (TPSA) is 80.7 Å². The number of carboxylic acid groups (broad SMARTS) is 1. The van der Waals surface area contributed by atoms with Crippen LogP contribution in [0.4, 0.5) is 0 Å². The van der Waals surface area contributed by atoms with Crippen LogP contribution < -0.4 is 9.92 Å². The summed E-state index contributed by atoms with van der Waals surface area (Å²) in [5, 5.41) is 10.1. The van der Waals surface area contributed by atoms with Crippen molar-refractivity contribution in [3.63, 3.8) is 0 Å². The summed E-state index contributed by atoms with van der Waals surface area (Å²) < 4.78 is 31.9. The molecule has 1 aliphatic rings.